The van der Waals surface area contributed by atoms with Crippen LogP contribution in [0.3, 0.4) is 0 Å². The van der Waals surface area contributed by atoms with Crippen molar-refractivity contribution < 1.29 is 0 Å². The first-order chi connectivity index (χ1) is 4.33. The minimum Gasteiger partial charge on any atom is -0.264 e. The minimum atomic E-state index is 0.501. The van der Waals surface area contributed by atoms with Gasteiger partial charge in [0.05, 0.1) is 10.4 Å². The van der Waals surface area contributed by atoms with Crippen LogP contribution < -0.4 is 0 Å². The number of hydrogen-bond donors (Lipinski definition) is 0. The molecule has 1 atom stereocenters. The van der Waals surface area contributed by atoms with Gasteiger partial charge < -0.3 is 0 Å². The van der Waals surface area contributed by atoms with E-state index < -0.39 is 0 Å². The first kappa shape index (κ1) is 6.87. The molecule has 0 aliphatic carbocycles. The SMILES string of the molecule is CC/C=C/C1=NC(C)S1. The third kappa shape index (κ3) is 1.86. The summed E-state index contributed by atoms with van der Waals surface area (Å²) in [5.41, 5.74) is 0. The quantitative estimate of drug-likeness (QED) is 0.575. The smallest absolute Gasteiger partial charge is 0.0997 e. The topological polar surface area (TPSA) is 12.4 Å². The van der Waals surface area contributed by atoms with Gasteiger partial charge in [0.2, 0.25) is 0 Å². The Morgan fingerprint density at radius 1 is 1.78 bits per heavy atom. The lowest BCUT2D eigenvalue weighted by atomic mass is 10.4. The Hall–Kier alpha value is -0.240. The van der Waals surface area contributed by atoms with E-state index in [2.05, 4.69) is 31.0 Å². The first-order valence-corrected chi connectivity index (χ1v) is 4.12. The highest BCUT2D eigenvalue weighted by molar-refractivity contribution is 8.16. The number of hydrogen-bond acceptors (Lipinski definition) is 2. The summed E-state index contributed by atoms with van der Waals surface area (Å²) in [4.78, 5) is 4.25. The highest BCUT2D eigenvalue weighted by Gasteiger charge is 2.13. The van der Waals surface area contributed by atoms with Gasteiger partial charge in [-0.3, -0.25) is 4.99 Å². The molecular formula is C7H11NS. The second-order valence-corrected chi connectivity index (χ2v) is 3.33. The monoisotopic (exact) mass is 141 g/mol. The van der Waals surface area contributed by atoms with E-state index in [4.69, 9.17) is 0 Å². The standard InChI is InChI=1S/C7H11NS/c1-3-4-5-7-8-6(2)9-7/h4-6H,3H2,1-2H3/b5-4+. The summed E-state index contributed by atoms with van der Waals surface area (Å²) in [6, 6.07) is 0. The van der Waals surface area contributed by atoms with Gasteiger partial charge in [0.1, 0.15) is 0 Å². The fourth-order valence-corrected chi connectivity index (χ4v) is 1.41. The zero-order valence-electron chi connectivity index (χ0n) is 5.79. The molecule has 0 aromatic carbocycles. The van der Waals surface area contributed by atoms with Gasteiger partial charge in [-0.05, 0) is 19.4 Å². The molecular weight excluding hydrogens is 130 g/mol. The molecule has 1 aliphatic heterocycles. The van der Waals surface area contributed by atoms with Gasteiger partial charge >= 0.3 is 0 Å². The van der Waals surface area contributed by atoms with E-state index in [9.17, 15) is 0 Å². The van der Waals surface area contributed by atoms with Crippen molar-refractivity contribution in [3.8, 4) is 0 Å². The van der Waals surface area contributed by atoms with Crippen molar-refractivity contribution in [2.75, 3.05) is 0 Å². The molecule has 1 unspecified atom stereocenters. The van der Waals surface area contributed by atoms with E-state index >= 15 is 0 Å². The molecule has 1 rings (SSSR count). The van der Waals surface area contributed by atoms with Crippen molar-refractivity contribution >= 4 is 16.8 Å². The molecule has 2 heteroatoms. The second kappa shape index (κ2) is 3.06. The summed E-state index contributed by atoms with van der Waals surface area (Å²) in [6.07, 6.45) is 5.33. The van der Waals surface area contributed by atoms with E-state index in [1.807, 2.05) is 11.8 Å². The van der Waals surface area contributed by atoms with Crippen LogP contribution in [-0.2, 0) is 0 Å². The zero-order chi connectivity index (χ0) is 6.69. The molecule has 0 saturated carbocycles. The van der Waals surface area contributed by atoms with Crippen LogP contribution >= 0.6 is 11.8 Å². The summed E-state index contributed by atoms with van der Waals surface area (Å²) in [5.74, 6) is 0. The van der Waals surface area contributed by atoms with Gasteiger partial charge in [0.25, 0.3) is 0 Å². The number of nitrogens with zero attached hydrogens (tertiary/aromatic N) is 1. The molecule has 50 valence electrons. The predicted octanol–water partition coefficient (Wildman–Crippen LogP) is 2.44. The molecule has 0 amide bonds. The third-order valence-electron chi connectivity index (χ3n) is 1.10. The number of allylic oxidation sites excluding steroid dienone is 1. The van der Waals surface area contributed by atoms with E-state index in [1.54, 1.807) is 0 Å². The molecule has 0 N–H and O–H groups in total. The summed E-state index contributed by atoms with van der Waals surface area (Å²) < 4.78 is 0. The maximum Gasteiger partial charge on any atom is 0.0997 e. The molecule has 9 heavy (non-hydrogen) atoms. The van der Waals surface area contributed by atoms with Crippen molar-refractivity contribution in [2.24, 2.45) is 4.99 Å². The second-order valence-electron chi connectivity index (χ2n) is 2.00. The van der Waals surface area contributed by atoms with E-state index in [-0.39, 0.29) is 0 Å². The van der Waals surface area contributed by atoms with Crippen LogP contribution in [0.4, 0.5) is 0 Å². The molecule has 0 spiro atoms. The Morgan fingerprint density at radius 2 is 2.44 bits per heavy atom. The Morgan fingerprint density at radius 3 is 2.89 bits per heavy atom. The predicted molar refractivity (Wildman–Crippen MR) is 43.9 cm³/mol. The fourth-order valence-electron chi connectivity index (χ4n) is 0.663. The van der Waals surface area contributed by atoms with Crippen molar-refractivity contribution in [1.82, 2.24) is 0 Å². The molecule has 0 saturated heterocycles. The van der Waals surface area contributed by atoms with Crippen LogP contribution in [-0.4, -0.2) is 10.4 Å². The van der Waals surface area contributed by atoms with E-state index in [1.165, 1.54) is 5.04 Å². The Labute approximate surface area is 60.3 Å². The van der Waals surface area contributed by atoms with Gasteiger partial charge in [-0.25, -0.2) is 0 Å². The van der Waals surface area contributed by atoms with Crippen LogP contribution in [0.15, 0.2) is 17.1 Å². The largest absolute Gasteiger partial charge is 0.264 e. The molecule has 1 heterocycles. The summed E-state index contributed by atoms with van der Waals surface area (Å²) >= 11 is 1.83. The Kier molecular flexibility index (Phi) is 2.34. The molecule has 0 aromatic heterocycles. The van der Waals surface area contributed by atoms with Crippen LogP contribution in [0.1, 0.15) is 20.3 Å². The molecule has 0 bridgehead atoms. The lowest BCUT2D eigenvalue weighted by Crippen LogP contribution is -2.09. The maximum absolute atomic E-state index is 4.25. The van der Waals surface area contributed by atoms with Gasteiger partial charge in [0, 0.05) is 0 Å². The van der Waals surface area contributed by atoms with Gasteiger partial charge in [-0.2, -0.15) is 0 Å². The molecule has 1 nitrogen and oxygen atoms in total. The first-order valence-electron chi connectivity index (χ1n) is 3.24. The summed E-state index contributed by atoms with van der Waals surface area (Å²) in [6.45, 7) is 4.23. The fraction of sp³-hybridized carbons (Fsp3) is 0.571. The average Bonchev–Trinajstić information content (AvgIpc) is 1.78. The van der Waals surface area contributed by atoms with Crippen molar-refractivity contribution in [3.63, 3.8) is 0 Å². The lowest BCUT2D eigenvalue weighted by molar-refractivity contribution is 1.03. The van der Waals surface area contributed by atoms with Crippen molar-refractivity contribution in [3.05, 3.63) is 12.2 Å². The molecule has 1 aliphatic rings. The number of aliphatic imine (C=N–C) groups is 1. The molecule has 0 fully saturated rings. The van der Waals surface area contributed by atoms with E-state index in [0.29, 0.717) is 5.37 Å². The van der Waals surface area contributed by atoms with Gasteiger partial charge in [0.15, 0.2) is 0 Å². The van der Waals surface area contributed by atoms with Gasteiger partial charge in [-0.1, -0.05) is 24.8 Å². The number of thioether (sulfide) groups is 1. The molecule has 0 radical (unpaired) electrons. The van der Waals surface area contributed by atoms with Crippen LogP contribution in [0, 0.1) is 0 Å². The highest BCUT2D eigenvalue weighted by atomic mass is 32.2. The van der Waals surface area contributed by atoms with E-state index in [0.717, 1.165) is 6.42 Å². The van der Waals surface area contributed by atoms with Crippen LogP contribution in [0.25, 0.3) is 0 Å². The van der Waals surface area contributed by atoms with Crippen molar-refractivity contribution in [2.45, 2.75) is 25.6 Å². The maximum atomic E-state index is 4.25. The van der Waals surface area contributed by atoms with Crippen LogP contribution in [0.5, 0.6) is 0 Å². The average molecular weight is 141 g/mol. The van der Waals surface area contributed by atoms with Crippen LogP contribution in [0.2, 0.25) is 0 Å². The van der Waals surface area contributed by atoms with Crippen molar-refractivity contribution in [1.29, 1.82) is 0 Å². The number of rotatable bonds is 2. The van der Waals surface area contributed by atoms with Gasteiger partial charge in [-0.15, -0.1) is 0 Å². The normalized spacial score (nSPS) is 26.0. The lowest BCUT2D eigenvalue weighted by Gasteiger charge is -2.16. The highest BCUT2D eigenvalue weighted by Crippen LogP contribution is 2.25. The molecule has 0 aromatic rings. The Balaban J connectivity index is 2.31. The summed E-state index contributed by atoms with van der Waals surface area (Å²) in [7, 11) is 0. The minimum absolute atomic E-state index is 0.501. The Bertz CT molecular complexity index is 149. The third-order valence-corrected chi connectivity index (χ3v) is 2.03. The summed E-state index contributed by atoms with van der Waals surface area (Å²) in [5, 5.41) is 1.69. The zero-order valence-corrected chi connectivity index (χ0v) is 6.61.